The minimum atomic E-state index is -3.85. The summed E-state index contributed by atoms with van der Waals surface area (Å²) in [5.41, 5.74) is 0. The van der Waals surface area contributed by atoms with Gasteiger partial charge >= 0.3 is 0 Å². The van der Waals surface area contributed by atoms with Crippen molar-refractivity contribution in [3.63, 3.8) is 0 Å². The highest BCUT2D eigenvalue weighted by Crippen LogP contribution is 2.18. The zero-order valence-corrected chi connectivity index (χ0v) is 13.5. The fourth-order valence-electron chi connectivity index (χ4n) is 2.09. The van der Waals surface area contributed by atoms with Crippen molar-refractivity contribution in [2.75, 3.05) is 13.2 Å². The van der Waals surface area contributed by atoms with Crippen molar-refractivity contribution < 1.29 is 21.6 Å². The third-order valence-corrected chi connectivity index (χ3v) is 6.04. The maximum Gasteiger partial charge on any atom is 0.261 e. The third kappa shape index (κ3) is 4.65. The minimum Gasteiger partial charge on any atom is -0.378 e. The van der Waals surface area contributed by atoms with Crippen LogP contribution < -0.4 is 4.72 Å². The molecule has 1 unspecified atom stereocenters. The van der Waals surface area contributed by atoms with Crippen molar-refractivity contribution in [1.29, 1.82) is 0 Å². The Morgan fingerprint density at radius 3 is 2.29 bits per heavy atom. The smallest absolute Gasteiger partial charge is 0.261 e. The predicted octanol–water partition coefficient (Wildman–Crippen LogP) is 1.46. The molecule has 0 radical (unpaired) electrons. The van der Waals surface area contributed by atoms with E-state index in [0.717, 1.165) is 31.6 Å². The number of halogens is 1. The first-order valence-corrected chi connectivity index (χ1v) is 10.2. The number of rotatable bonds is 6. The summed E-state index contributed by atoms with van der Waals surface area (Å²) >= 11 is 0. The lowest BCUT2D eigenvalue weighted by atomic mass is 10.2. The van der Waals surface area contributed by atoms with Crippen LogP contribution in [0.15, 0.2) is 34.1 Å². The van der Waals surface area contributed by atoms with Gasteiger partial charge in [-0.3, -0.25) is 0 Å². The van der Waals surface area contributed by atoms with Crippen LogP contribution in [0.25, 0.3) is 0 Å². The van der Waals surface area contributed by atoms with E-state index in [0.29, 0.717) is 6.42 Å². The normalized spacial score (nSPS) is 19.8. The molecule has 2 rings (SSSR count). The van der Waals surface area contributed by atoms with Gasteiger partial charge < -0.3 is 4.74 Å². The van der Waals surface area contributed by atoms with E-state index < -0.39 is 19.1 Å². The van der Waals surface area contributed by atoms with Gasteiger partial charge in [-0.1, -0.05) is 0 Å². The molecule has 1 aromatic carbocycles. The summed E-state index contributed by atoms with van der Waals surface area (Å²) < 4.78 is 54.1. The molecule has 1 atom stereocenters. The number of sulfonamides is 1. The van der Waals surface area contributed by atoms with Crippen molar-refractivity contribution >= 4 is 29.8 Å². The van der Waals surface area contributed by atoms with Crippen LogP contribution in [0, 0.1) is 0 Å². The van der Waals surface area contributed by atoms with E-state index in [4.69, 9.17) is 15.4 Å². The van der Waals surface area contributed by atoms with Crippen LogP contribution in [0.2, 0.25) is 0 Å². The molecule has 1 aromatic rings. The lowest BCUT2D eigenvalue weighted by molar-refractivity contribution is 0.105. The van der Waals surface area contributed by atoms with Crippen molar-refractivity contribution in [3.8, 4) is 0 Å². The van der Waals surface area contributed by atoms with Crippen LogP contribution in [0.5, 0.6) is 0 Å². The van der Waals surface area contributed by atoms with E-state index in [2.05, 4.69) is 4.72 Å². The van der Waals surface area contributed by atoms with E-state index in [9.17, 15) is 16.8 Å². The molecule has 1 heterocycles. The second-order valence-electron chi connectivity index (χ2n) is 4.73. The highest BCUT2D eigenvalue weighted by molar-refractivity contribution is 8.13. The second-order valence-corrected chi connectivity index (χ2v) is 9.06. The Bertz CT molecular complexity index is 679. The molecule has 0 amide bonds. The summed E-state index contributed by atoms with van der Waals surface area (Å²) in [5.74, 6) is 0. The molecular formula is C12H16ClNO5S2. The summed E-state index contributed by atoms with van der Waals surface area (Å²) in [6.07, 6.45) is 2.68. The van der Waals surface area contributed by atoms with E-state index in [-0.39, 0.29) is 22.4 Å². The van der Waals surface area contributed by atoms with Crippen molar-refractivity contribution in [2.45, 2.75) is 35.2 Å². The third-order valence-electron chi connectivity index (χ3n) is 3.20. The molecule has 1 fully saturated rings. The average molecular weight is 354 g/mol. The van der Waals surface area contributed by atoms with Gasteiger partial charge in [0.15, 0.2) is 0 Å². The monoisotopic (exact) mass is 353 g/mol. The maximum absolute atomic E-state index is 12.0. The van der Waals surface area contributed by atoms with Crippen LogP contribution in [-0.2, 0) is 23.8 Å². The zero-order valence-electron chi connectivity index (χ0n) is 11.2. The van der Waals surface area contributed by atoms with E-state index in [1.165, 1.54) is 12.1 Å². The zero-order chi connectivity index (χ0) is 15.5. The summed E-state index contributed by atoms with van der Waals surface area (Å²) in [6, 6.07) is 4.75. The second kappa shape index (κ2) is 6.62. The van der Waals surface area contributed by atoms with Gasteiger partial charge in [0.05, 0.1) is 15.9 Å². The van der Waals surface area contributed by atoms with Crippen molar-refractivity contribution in [2.24, 2.45) is 0 Å². The Kier molecular flexibility index (Phi) is 5.26. The van der Waals surface area contributed by atoms with Crippen LogP contribution >= 0.6 is 10.7 Å². The molecule has 6 nitrogen and oxygen atoms in total. The first-order chi connectivity index (χ1) is 9.79. The van der Waals surface area contributed by atoms with Gasteiger partial charge in [-0.15, -0.1) is 0 Å². The number of nitrogens with one attached hydrogen (secondary N) is 1. The first-order valence-electron chi connectivity index (χ1n) is 6.45. The number of hydrogen-bond donors (Lipinski definition) is 1. The minimum absolute atomic E-state index is 0.00101. The Morgan fingerprint density at radius 1 is 1.14 bits per heavy atom. The molecule has 1 aliphatic rings. The van der Waals surface area contributed by atoms with Crippen molar-refractivity contribution in [3.05, 3.63) is 24.3 Å². The van der Waals surface area contributed by atoms with Crippen molar-refractivity contribution in [1.82, 2.24) is 4.72 Å². The highest BCUT2D eigenvalue weighted by atomic mass is 35.7. The van der Waals surface area contributed by atoms with E-state index in [1.807, 2.05) is 0 Å². The van der Waals surface area contributed by atoms with Crippen LogP contribution in [0.3, 0.4) is 0 Å². The summed E-state index contributed by atoms with van der Waals surface area (Å²) in [7, 11) is -2.34. The molecule has 0 bridgehead atoms. The van der Waals surface area contributed by atoms with Crippen LogP contribution in [0.1, 0.15) is 19.3 Å². The SMILES string of the molecule is O=S(=O)(Cl)c1ccc(S(=O)(=O)NCCC2CCCO2)cc1. The molecule has 9 heteroatoms. The highest BCUT2D eigenvalue weighted by Gasteiger charge is 2.19. The standard InChI is InChI=1S/C12H16ClNO5S2/c13-20(15,16)11-3-5-12(6-4-11)21(17,18)14-8-7-10-2-1-9-19-10/h3-6,10,14H,1-2,7-9H2. The van der Waals surface area contributed by atoms with Gasteiger partial charge in [0.2, 0.25) is 10.0 Å². The van der Waals surface area contributed by atoms with Gasteiger partial charge in [-0.25, -0.2) is 21.6 Å². The van der Waals surface area contributed by atoms with Gasteiger partial charge in [0.25, 0.3) is 9.05 Å². The number of benzene rings is 1. The van der Waals surface area contributed by atoms with Crippen LogP contribution in [-0.4, -0.2) is 36.1 Å². The molecule has 21 heavy (non-hydrogen) atoms. The molecular weight excluding hydrogens is 338 g/mol. The van der Waals surface area contributed by atoms with Gasteiger partial charge in [0, 0.05) is 23.8 Å². The van der Waals surface area contributed by atoms with Gasteiger partial charge in [-0.05, 0) is 43.5 Å². The van der Waals surface area contributed by atoms with Gasteiger partial charge in [-0.2, -0.15) is 0 Å². The summed E-state index contributed by atoms with van der Waals surface area (Å²) in [4.78, 5) is -0.138. The molecule has 0 saturated carbocycles. The topological polar surface area (TPSA) is 89.5 Å². The average Bonchev–Trinajstić information content (AvgIpc) is 2.91. The molecule has 1 N–H and O–H groups in total. The molecule has 1 saturated heterocycles. The molecule has 1 aliphatic heterocycles. The number of hydrogen-bond acceptors (Lipinski definition) is 5. The summed E-state index contributed by atoms with van der Waals surface area (Å²) in [6.45, 7) is 1.01. The largest absolute Gasteiger partial charge is 0.378 e. The molecule has 0 aliphatic carbocycles. The summed E-state index contributed by atoms with van der Waals surface area (Å²) in [5, 5.41) is 0. The first kappa shape index (κ1) is 16.7. The lowest BCUT2D eigenvalue weighted by Gasteiger charge is -2.10. The lowest BCUT2D eigenvalue weighted by Crippen LogP contribution is -2.27. The van der Waals surface area contributed by atoms with Gasteiger partial charge in [0.1, 0.15) is 0 Å². The Hall–Kier alpha value is -0.670. The molecule has 0 spiro atoms. The molecule has 0 aromatic heterocycles. The van der Waals surface area contributed by atoms with E-state index in [1.54, 1.807) is 0 Å². The Balaban J connectivity index is 1.98. The number of ether oxygens (including phenoxy) is 1. The quantitative estimate of drug-likeness (QED) is 0.782. The fraction of sp³-hybridized carbons (Fsp3) is 0.500. The Morgan fingerprint density at radius 2 is 1.76 bits per heavy atom. The van der Waals surface area contributed by atoms with Crippen LogP contribution in [0.4, 0.5) is 0 Å². The maximum atomic E-state index is 12.0. The fourth-order valence-corrected chi connectivity index (χ4v) is 3.91. The molecule has 118 valence electrons. The Labute approximate surface area is 128 Å². The predicted molar refractivity (Wildman–Crippen MR) is 78.3 cm³/mol. The van der Waals surface area contributed by atoms with E-state index >= 15 is 0 Å².